The van der Waals surface area contributed by atoms with Gasteiger partial charge in [-0.2, -0.15) is 23.5 Å². The van der Waals surface area contributed by atoms with Gasteiger partial charge in [-0.3, -0.25) is 0 Å². The van der Waals surface area contributed by atoms with Crippen LogP contribution in [0.2, 0.25) is 10.0 Å². The minimum Gasteiger partial charge on any atom is -0.411 e. The number of aromatic nitrogens is 2. The Labute approximate surface area is 131 Å². The Morgan fingerprint density at radius 2 is 1.91 bits per heavy atom. The quantitative estimate of drug-likeness (QED) is 0.508. The molecule has 0 saturated carbocycles. The standard InChI is InChI=1S/C12H5Cl2F3N4O/c13-8-1-7(12(15,16)17)2-9(14)11(8)21-5-6(4-19-22)10(3-18)20-21/h1-2,4-5,22H/b19-4-. The van der Waals surface area contributed by atoms with Gasteiger partial charge in [-0.15, -0.1) is 0 Å². The topological polar surface area (TPSA) is 74.2 Å². The van der Waals surface area contributed by atoms with Crippen LogP contribution in [0, 0.1) is 11.3 Å². The van der Waals surface area contributed by atoms with Crippen LogP contribution >= 0.6 is 23.2 Å². The number of nitrogens with zero attached hydrogens (tertiary/aromatic N) is 4. The lowest BCUT2D eigenvalue weighted by molar-refractivity contribution is -0.137. The van der Waals surface area contributed by atoms with Crippen LogP contribution in [0.1, 0.15) is 16.8 Å². The maximum absolute atomic E-state index is 12.7. The predicted molar refractivity (Wildman–Crippen MR) is 72.7 cm³/mol. The Balaban J connectivity index is 2.62. The van der Waals surface area contributed by atoms with E-state index in [9.17, 15) is 13.2 Å². The van der Waals surface area contributed by atoms with E-state index in [4.69, 9.17) is 33.7 Å². The molecule has 0 amide bonds. The average molecular weight is 349 g/mol. The first kappa shape index (κ1) is 16.1. The van der Waals surface area contributed by atoms with Gasteiger partial charge in [-0.25, -0.2) is 4.68 Å². The number of alkyl halides is 3. The van der Waals surface area contributed by atoms with Gasteiger partial charge in [0.25, 0.3) is 0 Å². The smallest absolute Gasteiger partial charge is 0.411 e. The Bertz CT molecular complexity index is 770. The fourth-order valence-electron chi connectivity index (χ4n) is 1.69. The van der Waals surface area contributed by atoms with Crippen LogP contribution in [0.4, 0.5) is 13.2 Å². The molecule has 2 rings (SSSR count). The summed E-state index contributed by atoms with van der Waals surface area (Å²) in [6, 6.07) is 3.15. The average Bonchev–Trinajstić information content (AvgIpc) is 2.80. The molecule has 0 fully saturated rings. The first-order valence-electron chi connectivity index (χ1n) is 5.51. The molecule has 0 radical (unpaired) electrons. The molecule has 10 heteroatoms. The minimum absolute atomic E-state index is 0.0228. The number of hydrogen-bond donors (Lipinski definition) is 1. The van der Waals surface area contributed by atoms with Gasteiger partial charge in [-0.05, 0) is 12.1 Å². The van der Waals surface area contributed by atoms with Crippen LogP contribution in [0.25, 0.3) is 5.69 Å². The van der Waals surface area contributed by atoms with Gasteiger partial charge in [0.1, 0.15) is 11.8 Å². The summed E-state index contributed by atoms with van der Waals surface area (Å²) in [6.45, 7) is 0. The molecular weight excluding hydrogens is 344 g/mol. The largest absolute Gasteiger partial charge is 0.416 e. The summed E-state index contributed by atoms with van der Waals surface area (Å²) in [4.78, 5) is 0. The highest BCUT2D eigenvalue weighted by molar-refractivity contribution is 6.37. The van der Waals surface area contributed by atoms with Crippen molar-refractivity contribution in [1.29, 1.82) is 5.26 Å². The Morgan fingerprint density at radius 1 is 1.32 bits per heavy atom. The van der Waals surface area contributed by atoms with Crippen LogP contribution in [0.3, 0.4) is 0 Å². The molecule has 114 valence electrons. The Hall–Kier alpha value is -2.24. The minimum atomic E-state index is -4.59. The summed E-state index contributed by atoms with van der Waals surface area (Å²) in [7, 11) is 0. The number of rotatable bonds is 2. The summed E-state index contributed by atoms with van der Waals surface area (Å²) in [6.07, 6.45) is -2.39. The van der Waals surface area contributed by atoms with Crippen LogP contribution in [-0.4, -0.2) is 21.2 Å². The maximum Gasteiger partial charge on any atom is 0.416 e. The van der Waals surface area contributed by atoms with Crippen molar-refractivity contribution in [2.75, 3.05) is 0 Å². The number of halogens is 5. The van der Waals surface area contributed by atoms with E-state index >= 15 is 0 Å². The van der Waals surface area contributed by atoms with Gasteiger partial charge in [0, 0.05) is 6.20 Å². The van der Waals surface area contributed by atoms with Crippen LogP contribution < -0.4 is 0 Å². The van der Waals surface area contributed by atoms with Crippen molar-refractivity contribution >= 4 is 29.4 Å². The van der Waals surface area contributed by atoms with Crippen molar-refractivity contribution in [3.63, 3.8) is 0 Å². The molecule has 0 aliphatic carbocycles. The highest BCUT2D eigenvalue weighted by Gasteiger charge is 2.32. The van der Waals surface area contributed by atoms with Gasteiger partial charge in [-0.1, -0.05) is 28.4 Å². The number of oxime groups is 1. The molecule has 1 aromatic carbocycles. The molecule has 0 spiro atoms. The molecule has 2 aromatic rings. The zero-order chi connectivity index (χ0) is 16.5. The van der Waals surface area contributed by atoms with Crippen LogP contribution in [0.15, 0.2) is 23.5 Å². The molecular formula is C12H5Cl2F3N4O. The first-order valence-corrected chi connectivity index (χ1v) is 6.27. The van der Waals surface area contributed by atoms with Crippen LogP contribution in [-0.2, 0) is 6.18 Å². The number of hydrogen-bond acceptors (Lipinski definition) is 4. The summed E-state index contributed by atoms with van der Waals surface area (Å²) < 4.78 is 39.1. The molecule has 0 unspecified atom stereocenters. The van der Waals surface area contributed by atoms with E-state index in [1.807, 2.05) is 0 Å². The SMILES string of the molecule is N#Cc1nn(-c2c(Cl)cc(C(F)(F)F)cc2Cl)cc1/C=N\O. The van der Waals surface area contributed by atoms with E-state index in [-0.39, 0.29) is 27.0 Å². The van der Waals surface area contributed by atoms with Crippen molar-refractivity contribution in [2.45, 2.75) is 6.18 Å². The highest BCUT2D eigenvalue weighted by Crippen LogP contribution is 2.37. The van der Waals surface area contributed by atoms with Gasteiger partial charge in [0.2, 0.25) is 0 Å². The van der Waals surface area contributed by atoms with E-state index in [1.165, 1.54) is 6.20 Å². The fraction of sp³-hybridized carbons (Fsp3) is 0.0833. The van der Waals surface area contributed by atoms with E-state index in [2.05, 4.69) is 10.3 Å². The first-order chi connectivity index (χ1) is 10.3. The molecule has 0 bridgehead atoms. The second-order valence-corrected chi connectivity index (χ2v) is 4.83. The van der Waals surface area contributed by atoms with E-state index in [0.717, 1.165) is 10.9 Å². The second kappa shape index (κ2) is 5.87. The summed E-state index contributed by atoms with van der Waals surface area (Å²) >= 11 is 11.7. The summed E-state index contributed by atoms with van der Waals surface area (Å²) in [5.74, 6) is 0. The fourth-order valence-corrected chi connectivity index (χ4v) is 2.35. The molecule has 1 aromatic heterocycles. The van der Waals surface area contributed by atoms with Gasteiger partial charge >= 0.3 is 6.18 Å². The van der Waals surface area contributed by atoms with Crippen molar-refractivity contribution in [3.05, 3.63) is 45.2 Å². The lowest BCUT2D eigenvalue weighted by Gasteiger charge is -2.12. The normalized spacial score (nSPS) is 11.8. The van der Waals surface area contributed by atoms with Crippen molar-refractivity contribution in [3.8, 4) is 11.8 Å². The molecule has 0 aliphatic heterocycles. The monoisotopic (exact) mass is 348 g/mol. The van der Waals surface area contributed by atoms with Crippen molar-refractivity contribution in [2.24, 2.45) is 5.16 Å². The van der Waals surface area contributed by atoms with E-state index in [0.29, 0.717) is 12.1 Å². The van der Waals surface area contributed by atoms with Crippen molar-refractivity contribution in [1.82, 2.24) is 9.78 Å². The second-order valence-electron chi connectivity index (χ2n) is 4.02. The zero-order valence-corrected chi connectivity index (χ0v) is 11.9. The molecule has 5 nitrogen and oxygen atoms in total. The predicted octanol–water partition coefficient (Wildman–Crippen LogP) is 3.88. The van der Waals surface area contributed by atoms with Gasteiger partial charge in [0.05, 0.1) is 27.4 Å². The molecule has 1 heterocycles. The third-order valence-corrected chi connectivity index (χ3v) is 3.19. The molecule has 1 N–H and O–H groups in total. The Kier molecular flexibility index (Phi) is 4.30. The van der Waals surface area contributed by atoms with Gasteiger partial charge < -0.3 is 5.21 Å². The summed E-state index contributed by atoms with van der Waals surface area (Å²) in [5, 5.41) is 23.4. The van der Waals surface area contributed by atoms with Crippen LogP contribution in [0.5, 0.6) is 0 Å². The maximum atomic E-state index is 12.7. The number of nitriles is 1. The molecule has 0 atom stereocenters. The molecule has 0 aliphatic rings. The third-order valence-electron chi connectivity index (χ3n) is 2.62. The number of benzene rings is 1. The molecule has 0 saturated heterocycles. The lowest BCUT2D eigenvalue weighted by Crippen LogP contribution is -2.07. The molecule has 22 heavy (non-hydrogen) atoms. The van der Waals surface area contributed by atoms with E-state index < -0.39 is 11.7 Å². The lowest BCUT2D eigenvalue weighted by atomic mass is 10.2. The van der Waals surface area contributed by atoms with Crippen molar-refractivity contribution < 1.29 is 18.4 Å². The highest BCUT2D eigenvalue weighted by atomic mass is 35.5. The Morgan fingerprint density at radius 3 is 2.36 bits per heavy atom. The third kappa shape index (κ3) is 3.00. The van der Waals surface area contributed by atoms with E-state index in [1.54, 1.807) is 6.07 Å². The van der Waals surface area contributed by atoms with Gasteiger partial charge in [0.15, 0.2) is 5.69 Å². The summed E-state index contributed by atoms with van der Waals surface area (Å²) in [5.41, 5.74) is -0.983. The zero-order valence-electron chi connectivity index (χ0n) is 10.4.